The first-order chi connectivity index (χ1) is 9.43. The molecule has 0 amide bonds. The van der Waals surface area contributed by atoms with Crippen LogP contribution >= 0.6 is 11.6 Å². The fraction of sp³-hybridized carbons (Fsp3) is 1.00. The van der Waals surface area contributed by atoms with Gasteiger partial charge in [-0.05, 0) is 39.0 Å². The third-order valence-corrected chi connectivity index (χ3v) is 6.50. The summed E-state index contributed by atoms with van der Waals surface area (Å²) in [7, 11) is -3.34. The molecule has 0 aromatic rings. The van der Waals surface area contributed by atoms with Gasteiger partial charge in [-0.25, -0.2) is 0 Å². The summed E-state index contributed by atoms with van der Waals surface area (Å²) in [6, 6.07) is 0.00762. The van der Waals surface area contributed by atoms with Gasteiger partial charge in [0.1, 0.15) is 0 Å². The third-order valence-electron chi connectivity index (χ3n) is 3.88. The standard InChI is InChI=1S/C14H29ClN2O2S/c1-4-5-6-10-17(13(2)3)20(18,19)16-9-7-8-14(11-15)12-16/h13-14H,4-12H2,1-3H3. The van der Waals surface area contributed by atoms with Crippen molar-refractivity contribution in [2.75, 3.05) is 25.5 Å². The Morgan fingerprint density at radius 2 is 2.05 bits per heavy atom. The molecule has 0 spiro atoms. The molecule has 0 aromatic heterocycles. The molecule has 1 rings (SSSR count). The van der Waals surface area contributed by atoms with Gasteiger partial charge in [-0.2, -0.15) is 17.0 Å². The summed E-state index contributed by atoms with van der Waals surface area (Å²) in [5.41, 5.74) is 0. The van der Waals surface area contributed by atoms with Crippen LogP contribution in [0.25, 0.3) is 0 Å². The van der Waals surface area contributed by atoms with Gasteiger partial charge in [0.2, 0.25) is 0 Å². The molecule has 120 valence electrons. The quantitative estimate of drug-likeness (QED) is 0.508. The minimum atomic E-state index is -3.34. The van der Waals surface area contributed by atoms with Crippen molar-refractivity contribution in [3.05, 3.63) is 0 Å². The Morgan fingerprint density at radius 3 is 2.60 bits per heavy atom. The molecule has 0 radical (unpaired) electrons. The van der Waals surface area contributed by atoms with Gasteiger partial charge in [-0.3, -0.25) is 0 Å². The predicted molar refractivity (Wildman–Crippen MR) is 85.3 cm³/mol. The maximum atomic E-state index is 12.8. The summed E-state index contributed by atoms with van der Waals surface area (Å²) in [6.45, 7) is 7.86. The smallest absolute Gasteiger partial charge is 0.195 e. The molecule has 1 aliphatic rings. The van der Waals surface area contributed by atoms with Crippen LogP contribution in [-0.4, -0.2) is 48.6 Å². The Bertz CT molecular complexity index is 373. The third kappa shape index (κ3) is 4.86. The van der Waals surface area contributed by atoms with Gasteiger partial charge in [0.15, 0.2) is 0 Å². The zero-order chi connectivity index (χ0) is 15.2. The zero-order valence-electron chi connectivity index (χ0n) is 13.0. The second-order valence-corrected chi connectivity index (χ2v) is 8.13. The second kappa shape index (κ2) is 8.57. The van der Waals surface area contributed by atoms with Crippen molar-refractivity contribution in [3.63, 3.8) is 0 Å². The molecule has 0 aromatic carbocycles. The molecule has 1 heterocycles. The van der Waals surface area contributed by atoms with E-state index in [2.05, 4.69) is 6.92 Å². The van der Waals surface area contributed by atoms with Crippen LogP contribution < -0.4 is 0 Å². The van der Waals surface area contributed by atoms with E-state index in [1.807, 2.05) is 13.8 Å². The van der Waals surface area contributed by atoms with Gasteiger partial charge in [-0.1, -0.05) is 19.8 Å². The average molecular weight is 325 g/mol. The summed E-state index contributed by atoms with van der Waals surface area (Å²) in [4.78, 5) is 0. The molecule has 1 fully saturated rings. The number of piperidine rings is 1. The lowest BCUT2D eigenvalue weighted by Gasteiger charge is -2.36. The number of nitrogens with zero attached hydrogens (tertiary/aromatic N) is 2. The van der Waals surface area contributed by atoms with Crippen molar-refractivity contribution >= 4 is 21.8 Å². The fourth-order valence-electron chi connectivity index (χ4n) is 2.67. The average Bonchev–Trinajstić information content (AvgIpc) is 2.43. The maximum absolute atomic E-state index is 12.8. The Balaban J connectivity index is 2.75. The molecule has 1 unspecified atom stereocenters. The van der Waals surface area contributed by atoms with Gasteiger partial charge >= 0.3 is 0 Å². The van der Waals surface area contributed by atoms with Crippen molar-refractivity contribution in [2.45, 2.75) is 58.9 Å². The van der Waals surface area contributed by atoms with E-state index in [1.54, 1.807) is 8.61 Å². The van der Waals surface area contributed by atoms with Gasteiger partial charge in [0.05, 0.1) is 0 Å². The second-order valence-electron chi connectivity index (χ2n) is 5.94. The molecular weight excluding hydrogens is 296 g/mol. The highest BCUT2D eigenvalue weighted by molar-refractivity contribution is 7.86. The number of hydrogen-bond acceptors (Lipinski definition) is 2. The largest absolute Gasteiger partial charge is 0.282 e. The molecule has 0 N–H and O–H groups in total. The Kier molecular flexibility index (Phi) is 7.80. The van der Waals surface area contributed by atoms with Crippen molar-refractivity contribution in [2.24, 2.45) is 5.92 Å². The Hall–Kier alpha value is 0.160. The summed E-state index contributed by atoms with van der Waals surface area (Å²) in [5.74, 6) is 0.841. The highest BCUT2D eigenvalue weighted by Crippen LogP contribution is 2.23. The lowest BCUT2D eigenvalue weighted by Crippen LogP contribution is -2.50. The number of hydrogen-bond donors (Lipinski definition) is 0. The van der Waals surface area contributed by atoms with Gasteiger partial charge < -0.3 is 0 Å². The Labute approximate surface area is 129 Å². The van der Waals surface area contributed by atoms with E-state index in [0.29, 0.717) is 31.4 Å². The van der Waals surface area contributed by atoms with Gasteiger partial charge in [0.25, 0.3) is 10.2 Å². The molecule has 0 bridgehead atoms. The van der Waals surface area contributed by atoms with E-state index in [9.17, 15) is 8.42 Å². The first-order valence-corrected chi connectivity index (χ1v) is 9.69. The van der Waals surface area contributed by atoms with Crippen LogP contribution in [0.5, 0.6) is 0 Å². The normalized spacial score (nSPS) is 21.8. The highest BCUT2D eigenvalue weighted by Gasteiger charge is 2.34. The highest BCUT2D eigenvalue weighted by atomic mass is 35.5. The SMILES string of the molecule is CCCCCN(C(C)C)S(=O)(=O)N1CCCC(CCl)C1. The summed E-state index contributed by atoms with van der Waals surface area (Å²) < 4.78 is 28.9. The predicted octanol–water partition coefficient (Wildman–Crippen LogP) is 3.08. The molecular formula is C14H29ClN2O2S. The van der Waals surface area contributed by atoms with Crippen molar-refractivity contribution in [3.8, 4) is 0 Å². The van der Waals surface area contributed by atoms with Crippen LogP contribution in [0.15, 0.2) is 0 Å². The van der Waals surface area contributed by atoms with E-state index in [-0.39, 0.29) is 6.04 Å². The van der Waals surface area contributed by atoms with E-state index in [1.165, 1.54) is 0 Å². The van der Waals surface area contributed by atoms with E-state index in [0.717, 1.165) is 32.1 Å². The van der Waals surface area contributed by atoms with Gasteiger partial charge in [0, 0.05) is 31.6 Å². The summed E-state index contributed by atoms with van der Waals surface area (Å²) in [6.07, 6.45) is 5.05. The number of alkyl halides is 1. The summed E-state index contributed by atoms with van der Waals surface area (Å²) in [5, 5.41) is 0. The van der Waals surface area contributed by atoms with Crippen LogP contribution in [0, 0.1) is 5.92 Å². The number of rotatable bonds is 8. The molecule has 1 aliphatic heterocycles. The van der Waals surface area contributed by atoms with Crippen LogP contribution in [0.1, 0.15) is 52.9 Å². The van der Waals surface area contributed by atoms with Gasteiger partial charge in [-0.15, -0.1) is 11.6 Å². The number of halogens is 1. The molecule has 1 atom stereocenters. The first kappa shape index (κ1) is 18.2. The first-order valence-electron chi connectivity index (χ1n) is 7.76. The monoisotopic (exact) mass is 324 g/mol. The number of unbranched alkanes of at least 4 members (excludes halogenated alkanes) is 2. The maximum Gasteiger partial charge on any atom is 0.282 e. The molecule has 4 nitrogen and oxygen atoms in total. The zero-order valence-corrected chi connectivity index (χ0v) is 14.6. The molecule has 6 heteroatoms. The van der Waals surface area contributed by atoms with E-state index >= 15 is 0 Å². The van der Waals surface area contributed by atoms with Crippen molar-refractivity contribution in [1.82, 2.24) is 8.61 Å². The minimum Gasteiger partial charge on any atom is -0.195 e. The lowest BCUT2D eigenvalue weighted by molar-refractivity contribution is 0.246. The molecule has 0 saturated carbocycles. The molecule has 1 saturated heterocycles. The van der Waals surface area contributed by atoms with Crippen molar-refractivity contribution < 1.29 is 8.42 Å². The fourth-order valence-corrected chi connectivity index (χ4v) is 4.87. The summed E-state index contributed by atoms with van der Waals surface area (Å²) >= 11 is 5.91. The minimum absolute atomic E-state index is 0.00762. The van der Waals surface area contributed by atoms with Crippen molar-refractivity contribution in [1.29, 1.82) is 0 Å². The van der Waals surface area contributed by atoms with Crippen LogP contribution in [0.2, 0.25) is 0 Å². The lowest BCUT2D eigenvalue weighted by atomic mass is 10.0. The molecule has 20 heavy (non-hydrogen) atoms. The van der Waals surface area contributed by atoms with E-state index in [4.69, 9.17) is 11.6 Å². The topological polar surface area (TPSA) is 40.6 Å². The van der Waals surface area contributed by atoms with Crippen LogP contribution in [-0.2, 0) is 10.2 Å². The molecule has 0 aliphatic carbocycles. The van der Waals surface area contributed by atoms with E-state index < -0.39 is 10.2 Å². The van der Waals surface area contributed by atoms with Crippen LogP contribution in [0.4, 0.5) is 0 Å². The Morgan fingerprint density at radius 1 is 1.35 bits per heavy atom. The van der Waals surface area contributed by atoms with Crippen LogP contribution in [0.3, 0.4) is 0 Å².